The monoisotopic (exact) mass is 475 g/mol. The number of benzene rings is 2. The van der Waals surface area contributed by atoms with Gasteiger partial charge in [-0.25, -0.2) is 4.98 Å². The molecule has 3 aromatic rings. The molecule has 6 nitrogen and oxygen atoms in total. The van der Waals surface area contributed by atoms with Gasteiger partial charge in [0.2, 0.25) is 5.13 Å². The van der Waals surface area contributed by atoms with Crippen LogP contribution in [-0.4, -0.2) is 59.4 Å². The number of piperazine rings is 1. The van der Waals surface area contributed by atoms with Crippen molar-refractivity contribution in [3.63, 3.8) is 0 Å². The lowest BCUT2D eigenvalue weighted by Gasteiger charge is -2.34. The number of nitrogens with one attached hydrogen (secondary N) is 1. The van der Waals surface area contributed by atoms with Crippen LogP contribution in [0.4, 0.5) is 5.13 Å². The van der Waals surface area contributed by atoms with Crippen molar-refractivity contribution in [2.24, 2.45) is 0 Å². The minimum atomic E-state index is -0.0719. The molecule has 0 saturated carbocycles. The van der Waals surface area contributed by atoms with E-state index < -0.39 is 0 Å². The third-order valence-corrected chi connectivity index (χ3v) is 6.51. The summed E-state index contributed by atoms with van der Waals surface area (Å²) >= 11 is 13.3. The highest BCUT2D eigenvalue weighted by atomic mass is 35.5. The summed E-state index contributed by atoms with van der Waals surface area (Å²) < 4.78 is 4.52. The van der Waals surface area contributed by atoms with Crippen LogP contribution in [0.2, 0.25) is 10.0 Å². The maximum atomic E-state index is 12.2. The second-order valence-electron chi connectivity index (χ2n) is 7.39. The number of hydrogen-bond donors (Lipinski definition) is 1. The maximum absolute atomic E-state index is 12.2. The van der Waals surface area contributed by atoms with Crippen LogP contribution in [0, 0.1) is 0 Å². The third kappa shape index (κ3) is 6.17. The highest BCUT2D eigenvalue weighted by Crippen LogP contribution is 2.21. The molecule has 2 heterocycles. The molecule has 0 spiro atoms. The maximum Gasteiger partial charge on any atom is 0.251 e. The predicted molar refractivity (Wildman–Crippen MR) is 127 cm³/mol. The summed E-state index contributed by atoms with van der Waals surface area (Å²) in [6.07, 6.45) is 0.709. The van der Waals surface area contributed by atoms with Crippen molar-refractivity contribution in [3.05, 3.63) is 75.5 Å². The first kappa shape index (κ1) is 22.0. The van der Waals surface area contributed by atoms with E-state index in [1.165, 1.54) is 11.5 Å². The highest BCUT2D eigenvalue weighted by molar-refractivity contribution is 7.09. The summed E-state index contributed by atoms with van der Waals surface area (Å²) in [5, 5.41) is 5.31. The van der Waals surface area contributed by atoms with Crippen LogP contribution < -0.4 is 10.2 Å². The minimum Gasteiger partial charge on any atom is -0.351 e. The Morgan fingerprint density at radius 3 is 2.29 bits per heavy atom. The minimum absolute atomic E-state index is 0.0719. The summed E-state index contributed by atoms with van der Waals surface area (Å²) in [6, 6.07) is 14.7. The molecule has 162 valence electrons. The van der Waals surface area contributed by atoms with E-state index in [2.05, 4.69) is 19.5 Å². The summed E-state index contributed by atoms with van der Waals surface area (Å²) in [6.45, 7) is 5.11. The first-order valence-corrected chi connectivity index (χ1v) is 11.7. The standard InChI is InChI=1S/C22H23Cl2N5OS/c23-18-5-1-16(2-6-18)15-20-26-22(31-27-20)29-13-11-28(12-14-29)10-9-25-21(30)17-3-7-19(24)8-4-17/h1-8H,9-15H2,(H,25,30). The van der Waals surface area contributed by atoms with E-state index >= 15 is 0 Å². The molecule has 1 fully saturated rings. The number of carbonyl (C=O) groups is 1. The molecular weight excluding hydrogens is 453 g/mol. The van der Waals surface area contributed by atoms with Gasteiger partial charge in [-0.3, -0.25) is 9.69 Å². The average Bonchev–Trinajstić information content (AvgIpc) is 3.25. The lowest BCUT2D eigenvalue weighted by Crippen LogP contribution is -2.48. The lowest BCUT2D eigenvalue weighted by molar-refractivity contribution is 0.0948. The summed E-state index contributed by atoms with van der Waals surface area (Å²) in [4.78, 5) is 21.5. The highest BCUT2D eigenvalue weighted by Gasteiger charge is 2.20. The molecule has 0 aliphatic carbocycles. The van der Waals surface area contributed by atoms with Crippen molar-refractivity contribution in [1.82, 2.24) is 19.6 Å². The largest absolute Gasteiger partial charge is 0.351 e. The van der Waals surface area contributed by atoms with Gasteiger partial charge in [-0.05, 0) is 42.0 Å². The van der Waals surface area contributed by atoms with Gasteiger partial charge in [0.25, 0.3) is 5.91 Å². The Labute approximate surface area is 196 Å². The molecule has 2 aromatic carbocycles. The molecule has 1 aliphatic rings. The zero-order valence-corrected chi connectivity index (χ0v) is 19.3. The van der Waals surface area contributed by atoms with E-state index in [0.717, 1.165) is 54.3 Å². The molecule has 1 amide bonds. The fourth-order valence-electron chi connectivity index (χ4n) is 3.42. The van der Waals surface area contributed by atoms with Crippen LogP contribution in [0.15, 0.2) is 48.5 Å². The van der Waals surface area contributed by atoms with Crippen molar-refractivity contribution < 1.29 is 4.79 Å². The van der Waals surface area contributed by atoms with Crippen LogP contribution in [0.3, 0.4) is 0 Å². The molecule has 9 heteroatoms. The Kier molecular flexibility index (Phi) is 7.40. The van der Waals surface area contributed by atoms with Gasteiger partial charge in [-0.2, -0.15) is 4.37 Å². The van der Waals surface area contributed by atoms with Crippen LogP contribution >= 0.6 is 34.7 Å². The van der Waals surface area contributed by atoms with Crippen LogP contribution in [0.1, 0.15) is 21.7 Å². The molecule has 0 bridgehead atoms. The average molecular weight is 476 g/mol. The van der Waals surface area contributed by atoms with Gasteiger partial charge in [-0.15, -0.1) is 0 Å². The molecule has 4 rings (SSSR count). The van der Waals surface area contributed by atoms with Crippen LogP contribution in [0.5, 0.6) is 0 Å². The second-order valence-corrected chi connectivity index (χ2v) is 8.99. The summed E-state index contributed by atoms with van der Waals surface area (Å²) in [7, 11) is 0. The number of nitrogens with zero attached hydrogens (tertiary/aromatic N) is 4. The molecule has 0 unspecified atom stereocenters. The normalized spacial score (nSPS) is 14.6. The van der Waals surface area contributed by atoms with E-state index in [9.17, 15) is 4.79 Å². The van der Waals surface area contributed by atoms with Gasteiger partial charge >= 0.3 is 0 Å². The molecular formula is C22H23Cl2N5OS. The van der Waals surface area contributed by atoms with E-state index in [1.807, 2.05) is 24.3 Å². The molecule has 0 radical (unpaired) electrons. The zero-order valence-electron chi connectivity index (χ0n) is 16.9. The third-order valence-electron chi connectivity index (χ3n) is 5.20. The first-order chi connectivity index (χ1) is 15.1. The molecule has 1 aromatic heterocycles. The van der Waals surface area contributed by atoms with Crippen LogP contribution in [-0.2, 0) is 6.42 Å². The van der Waals surface area contributed by atoms with Crippen molar-refractivity contribution in [3.8, 4) is 0 Å². The number of aromatic nitrogens is 2. The van der Waals surface area contributed by atoms with Gasteiger partial charge in [-0.1, -0.05) is 35.3 Å². The van der Waals surface area contributed by atoms with E-state index in [-0.39, 0.29) is 5.91 Å². The summed E-state index contributed by atoms with van der Waals surface area (Å²) in [5.41, 5.74) is 1.78. The lowest BCUT2D eigenvalue weighted by atomic mass is 10.1. The van der Waals surface area contributed by atoms with Crippen molar-refractivity contribution in [2.45, 2.75) is 6.42 Å². The van der Waals surface area contributed by atoms with E-state index in [0.29, 0.717) is 23.6 Å². The van der Waals surface area contributed by atoms with Crippen molar-refractivity contribution in [2.75, 3.05) is 44.2 Å². The van der Waals surface area contributed by atoms with Crippen molar-refractivity contribution in [1.29, 1.82) is 0 Å². The molecule has 31 heavy (non-hydrogen) atoms. The number of rotatable bonds is 7. The Morgan fingerprint density at radius 1 is 0.968 bits per heavy atom. The van der Waals surface area contributed by atoms with Crippen LogP contribution in [0.25, 0.3) is 0 Å². The fourth-order valence-corrected chi connectivity index (χ4v) is 4.41. The summed E-state index contributed by atoms with van der Waals surface area (Å²) in [5.74, 6) is 0.770. The smallest absolute Gasteiger partial charge is 0.251 e. The topological polar surface area (TPSA) is 61.4 Å². The quantitative estimate of drug-likeness (QED) is 0.559. The molecule has 1 saturated heterocycles. The number of anilines is 1. The SMILES string of the molecule is O=C(NCCN1CCN(c2nc(Cc3ccc(Cl)cc3)ns2)CC1)c1ccc(Cl)cc1. The van der Waals surface area contributed by atoms with E-state index in [1.54, 1.807) is 24.3 Å². The Bertz CT molecular complexity index is 1000. The van der Waals surface area contributed by atoms with Crippen molar-refractivity contribution >= 4 is 45.8 Å². The number of amides is 1. The first-order valence-electron chi connectivity index (χ1n) is 10.1. The molecule has 1 aliphatic heterocycles. The van der Waals surface area contributed by atoms with Gasteiger partial charge in [0.1, 0.15) is 5.82 Å². The Hall–Kier alpha value is -2.19. The number of halogens is 2. The Balaban J connectivity index is 1.20. The predicted octanol–water partition coefficient (Wildman–Crippen LogP) is 3.99. The number of hydrogen-bond acceptors (Lipinski definition) is 6. The van der Waals surface area contributed by atoms with Gasteiger partial charge in [0, 0.05) is 72.8 Å². The van der Waals surface area contributed by atoms with Gasteiger partial charge < -0.3 is 10.2 Å². The molecule has 0 atom stereocenters. The number of carbonyl (C=O) groups excluding carboxylic acids is 1. The Morgan fingerprint density at radius 2 is 1.61 bits per heavy atom. The zero-order chi connectivity index (χ0) is 21.6. The fraction of sp³-hybridized carbons (Fsp3) is 0.318. The molecule has 1 N–H and O–H groups in total. The van der Waals surface area contributed by atoms with Gasteiger partial charge in [0.05, 0.1) is 0 Å². The second kappa shape index (κ2) is 10.4. The van der Waals surface area contributed by atoms with Gasteiger partial charge in [0.15, 0.2) is 0 Å². The van der Waals surface area contributed by atoms with E-state index in [4.69, 9.17) is 28.2 Å².